The van der Waals surface area contributed by atoms with Gasteiger partial charge in [-0.25, -0.2) is 0 Å². The molecule has 1 saturated heterocycles. The molecule has 0 saturated carbocycles. The molecule has 5 aromatic carbocycles. The van der Waals surface area contributed by atoms with Crippen molar-refractivity contribution in [3.63, 3.8) is 0 Å². The van der Waals surface area contributed by atoms with E-state index in [9.17, 15) is 14.7 Å². The summed E-state index contributed by atoms with van der Waals surface area (Å²) < 4.78 is 13.6. The third-order valence-electron chi connectivity index (χ3n) is 10.2. The van der Waals surface area contributed by atoms with E-state index in [-0.39, 0.29) is 49.1 Å². The van der Waals surface area contributed by atoms with Crippen molar-refractivity contribution in [2.45, 2.75) is 51.5 Å². The fourth-order valence-corrected chi connectivity index (χ4v) is 7.04. The van der Waals surface area contributed by atoms with E-state index < -0.39 is 6.29 Å². The van der Waals surface area contributed by atoms with Gasteiger partial charge in [0, 0.05) is 24.1 Å². The number of imide groups is 1. The van der Waals surface area contributed by atoms with Gasteiger partial charge in [-0.2, -0.15) is 0 Å². The molecule has 0 unspecified atom stereocenters. The molecule has 1 N–H and O–H groups in total. The lowest BCUT2D eigenvalue weighted by Crippen LogP contribution is -2.44. The molecule has 50 heavy (non-hydrogen) atoms. The monoisotopic (exact) mass is 666 g/mol. The molecule has 2 aliphatic heterocycles. The normalized spacial score (nSPS) is 21.0. The van der Waals surface area contributed by atoms with Gasteiger partial charge in [0.1, 0.15) is 0 Å². The summed E-state index contributed by atoms with van der Waals surface area (Å²) in [5, 5.41) is 9.65. The van der Waals surface area contributed by atoms with Crippen molar-refractivity contribution >= 4 is 11.8 Å². The van der Waals surface area contributed by atoms with Gasteiger partial charge >= 0.3 is 0 Å². The number of hydrogen-bond donors (Lipinski definition) is 1. The van der Waals surface area contributed by atoms with Crippen LogP contribution in [-0.2, 0) is 22.6 Å². The van der Waals surface area contributed by atoms with Crippen LogP contribution in [0, 0.1) is 5.92 Å². The summed E-state index contributed by atoms with van der Waals surface area (Å²) in [4.78, 5) is 29.7. The molecule has 1 fully saturated rings. The zero-order valence-electron chi connectivity index (χ0n) is 28.6. The first-order valence-electron chi connectivity index (χ1n) is 17.2. The highest BCUT2D eigenvalue weighted by atomic mass is 16.7. The fourth-order valence-electron chi connectivity index (χ4n) is 7.04. The van der Waals surface area contributed by atoms with E-state index in [2.05, 4.69) is 56.1 Å². The maximum atomic E-state index is 13.0. The molecule has 254 valence electrons. The molecule has 2 aliphatic rings. The smallest absolute Gasteiger partial charge is 0.261 e. The number of aliphatic hydroxyl groups excluding tert-OH is 1. The van der Waals surface area contributed by atoms with Crippen LogP contribution in [0.4, 0.5) is 0 Å². The Morgan fingerprint density at radius 3 is 2.04 bits per heavy atom. The van der Waals surface area contributed by atoms with Crippen LogP contribution in [0.1, 0.15) is 80.8 Å². The summed E-state index contributed by atoms with van der Waals surface area (Å²) in [6.07, 6.45) is -0.960. The second-order valence-corrected chi connectivity index (χ2v) is 13.4. The van der Waals surface area contributed by atoms with Crippen LogP contribution in [0.3, 0.4) is 0 Å². The van der Waals surface area contributed by atoms with Gasteiger partial charge in [0.15, 0.2) is 6.29 Å². The first kappa shape index (κ1) is 33.6. The number of hydrogen-bond acceptors (Lipinski definition) is 6. The molecular weight excluding hydrogens is 624 g/mol. The highest BCUT2D eigenvalue weighted by Crippen LogP contribution is 2.43. The Labute approximate surface area is 293 Å². The van der Waals surface area contributed by atoms with Gasteiger partial charge in [0.05, 0.1) is 36.5 Å². The molecular formula is C43H42N2O5. The Morgan fingerprint density at radius 1 is 0.720 bits per heavy atom. The minimum absolute atomic E-state index is 0.00974. The van der Waals surface area contributed by atoms with Crippen LogP contribution in [0.15, 0.2) is 127 Å². The van der Waals surface area contributed by atoms with Crippen molar-refractivity contribution in [2.24, 2.45) is 5.92 Å². The molecule has 5 atom stereocenters. The van der Waals surface area contributed by atoms with E-state index in [1.807, 2.05) is 72.8 Å². The van der Waals surface area contributed by atoms with Gasteiger partial charge in [0.25, 0.3) is 11.8 Å². The van der Waals surface area contributed by atoms with Crippen LogP contribution in [0.2, 0.25) is 0 Å². The second kappa shape index (κ2) is 14.5. The number of nitrogens with zero attached hydrogens (tertiary/aromatic N) is 2. The lowest BCUT2D eigenvalue weighted by molar-refractivity contribution is -0.276. The lowest BCUT2D eigenvalue weighted by Gasteiger charge is -2.43. The van der Waals surface area contributed by atoms with Crippen LogP contribution in [0.25, 0.3) is 11.1 Å². The van der Waals surface area contributed by atoms with Gasteiger partial charge in [-0.15, -0.1) is 0 Å². The van der Waals surface area contributed by atoms with E-state index in [1.54, 1.807) is 24.3 Å². The Bertz CT molecular complexity index is 1940. The average Bonchev–Trinajstić information content (AvgIpc) is 3.40. The largest absolute Gasteiger partial charge is 0.392 e. The number of fused-ring (bicyclic) bond motifs is 1. The van der Waals surface area contributed by atoms with Gasteiger partial charge in [-0.05, 0) is 71.6 Å². The van der Waals surface area contributed by atoms with Crippen molar-refractivity contribution < 1.29 is 24.2 Å². The molecule has 2 amide bonds. The predicted molar refractivity (Wildman–Crippen MR) is 193 cm³/mol. The zero-order chi connectivity index (χ0) is 34.8. The third-order valence-corrected chi connectivity index (χ3v) is 10.2. The van der Waals surface area contributed by atoms with Gasteiger partial charge in [-0.3, -0.25) is 19.4 Å². The number of carbonyl (C=O) groups is 2. The third kappa shape index (κ3) is 6.78. The topological polar surface area (TPSA) is 79.3 Å². The molecule has 0 bridgehead atoms. The standard InChI is InChI=1S/C43H42N2O5/c1-28-39(26-44(3)29(2)32-12-5-4-6-13-32)49-43(50-40(28)33-21-19-30(27-46)20-22-33)36-16-10-15-35(24-36)34-14-9-11-31(23-34)25-45-41(47)37-17-7-8-18-38(37)42(45)48/h4-24,28-29,39-40,43,46H,25-27H2,1-3H3/t28-,29+,39+,40+,43+/m1/s1. The number of rotatable bonds is 10. The van der Waals surface area contributed by atoms with E-state index in [4.69, 9.17) is 9.47 Å². The number of aliphatic hydroxyl groups is 1. The maximum Gasteiger partial charge on any atom is 0.261 e. The molecule has 2 heterocycles. The van der Waals surface area contributed by atoms with Crippen molar-refractivity contribution in [1.82, 2.24) is 9.80 Å². The highest BCUT2D eigenvalue weighted by Gasteiger charge is 2.39. The summed E-state index contributed by atoms with van der Waals surface area (Å²) >= 11 is 0. The molecule has 7 nitrogen and oxygen atoms in total. The molecule has 0 aromatic heterocycles. The Morgan fingerprint density at radius 2 is 1.36 bits per heavy atom. The summed E-state index contributed by atoms with van der Waals surface area (Å²) in [6, 6.07) is 41.8. The highest BCUT2D eigenvalue weighted by molar-refractivity contribution is 6.21. The number of likely N-dealkylation sites (N-methyl/N-ethyl adjacent to an activating group) is 1. The predicted octanol–water partition coefficient (Wildman–Crippen LogP) is 8.13. The van der Waals surface area contributed by atoms with Crippen molar-refractivity contribution in [1.29, 1.82) is 0 Å². The van der Waals surface area contributed by atoms with Crippen LogP contribution in [-0.4, -0.2) is 46.4 Å². The van der Waals surface area contributed by atoms with Gasteiger partial charge in [-0.1, -0.05) is 110 Å². The first-order valence-corrected chi connectivity index (χ1v) is 17.2. The number of carbonyl (C=O) groups excluding carboxylic acids is 2. The Hall–Kier alpha value is -4.92. The maximum absolute atomic E-state index is 13.0. The Kier molecular flexibility index (Phi) is 9.74. The molecule has 0 spiro atoms. The molecule has 0 aliphatic carbocycles. The molecule has 7 heteroatoms. The number of benzene rings is 5. The van der Waals surface area contributed by atoms with Crippen molar-refractivity contribution in [3.8, 4) is 11.1 Å². The quantitative estimate of drug-likeness (QED) is 0.152. The summed E-state index contributed by atoms with van der Waals surface area (Å²) in [7, 11) is 2.14. The Balaban J connectivity index is 1.14. The molecule has 7 rings (SSSR count). The minimum atomic E-state index is -0.611. The molecule has 0 radical (unpaired) electrons. The van der Waals surface area contributed by atoms with Gasteiger partial charge in [0.2, 0.25) is 0 Å². The fraction of sp³-hybridized carbons (Fsp3) is 0.256. The lowest BCUT2D eigenvalue weighted by atomic mass is 9.89. The van der Waals surface area contributed by atoms with Crippen LogP contribution >= 0.6 is 0 Å². The summed E-state index contributed by atoms with van der Waals surface area (Å²) in [5.41, 5.74) is 7.76. The summed E-state index contributed by atoms with van der Waals surface area (Å²) in [5.74, 6) is -0.478. The van der Waals surface area contributed by atoms with E-state index >= 15 is 0 Å². The van der Waals surface area contributed by atoms with Crippen LogP contribution < -0.4 is 0 Å². The van der Waals surface area contributed by atoms with Crippen molar-refractivity contribution in [3.05, 3.63) is 166 Å². The van der Waals surface area contributed by atoms with E-state index in [1.165, 1.54) is 10.5 Å². The zero-order valence-corrected chi connectivity index (χ0v) is 28.6. The first-order chi connectivity index (χ1) is 24.3. The van der Waals surface area contributed by atoms with Gasteiger partial charge < -0.3 is 14.6 Å². The van der Waals surface area contributed by atoms with E-state index in [0.29, 0.717) is 17.7 Å². The molecule has 5 aromatic rings. The SMILES string of the molecule is C[C@@H]1[C@H](CN(C)[C@@H](C)c2ccccc2)O[C@H](c2cccc(-c3cccc(CN4C(=O)c5ccccc5C4=O)c3)c2)O[C@@H]1c1ccc(CO)cc1. The summed E-state index contributed by atoms with van der Waals surface area (Å²) in [6.45, 7) is 5.29. The number of ether oxygens (including phenoxy) is 2. The van der Waals surface area contributed by atoms with Crippen molar-refractivity contribution in [2.75, 3.05) is 13.6 Å². The second-order valence-electron chi connectivity index (χ2n) is 13.4. The number of amides is 2. The van der Waals surface area contributed by atoms with E-state index in [0.717, 1.165) is 33.4 Å². The minimum Gasteiger partial charge on any atom is -0.392 e. The average molecular weight is 667 g/mol. The van der Waals surface area contributed by atoms with Crippen LogP contribution in [0.5, 0.6) is 0 Å².